The number of aromatic nitrogens is 2. The SMILES string of the molecule is C1=CCCC(C2=CC=C(N3c4ccccc4C4CCC(c5ccc6c(c5)c5ccccc5n6-c5cc(C6=CCCC=C6)cc(-c6ccncc6)c5)=CC43)CC2)=C1. The highest BCUT2D eigenvalue weighted by Gasteiger charge is 2.41. The van der Waals surface area contributed by atoms with Gasteiger partial charge in [-0.15, -0.1) is 0 Å². The lowest BCUT2D eigenvalue weighted by Gasteiger charge is -2.35. The second kappa shape index (κ2) is 13.8. The molecule has 4 aliphatic carbocycles. The molecule has 1 aliphatic heterocycles. The first kappa shape index (κ1) is 33.2. The summed E-state index contributed by atoms with van der Waals surface area (Å²) in [6, 6.07) is 37.0. The Hall–Kier alpha value is -6.19. The third kappa shape index (κ3) is 5.68. The van der Waals surface area contributed by atoms with Gasteiger partial charge < -0.3 is 9.47 Å². The Morgan fingerprint density at radius 3 is 2.30 bits per heavy atom. The summed E-state index contributed by atoms with van der Waals surface area (Å²) >= 11 is 0. The van der Waals surface area contributed by atoms with E-state index in [2.05, 4.69) is 166 Å². The number of pyridine rings is 1. The highest BCUT2D eigenvalue weighted by molar-refractivity contribution is 6.10. The molecule has 0 fully saturated rings. The van der Waals surface area contributed by atoms with Gasteiger partial charge in [0.15, 0.2) is 0 Å². The first-order chi connectivity index (χ1) is 27.8. The number of fused-ring (bicyclic) bond motifs is 6. The average Bonchev–Trinajstić information content (AvgIpc) is 3.79. The van der Waals surface area contributed by atoms with Crippen LogP contribution in [0.15, 0.2) is 181 Å². The molecule has 0 amide bonds. The van der Waals surface area contributed by atoms with Gasteiger partial charge in [0.25, 0.3) is 0 Å². The number of rotatable bonds is 6. The molecular formula is C53H45N3. The lowest BCUT2D eigenvalue weighted by Crippen LogP contribution is -2.34. The maximum absolute atomic E-state index is 4.32. The maximum atomic E-state index is 4.32. The quantitative estimate of drug-likeness (QED) is 0.171. The summed E-state index contributed by atoms with van der Waals surface area (Å²) in [5, 5.41) is 2.60. The number of nitrogens with zero attached hydrogens (tertiary/aromatic N) is 3. The zero-order chi connectivity index (χ0) is 37.0. The van der Waals surface area contributed by atoms with Crippen molar-refractivity contribution in [3.63, 3.8) is 0 Å². The smallest absolute Gasteiger partial charge is 0.0594 e. The molecule has 3 nitrogen and oxygen atoms in total. The second-order valence-electron chi connectivity index (χ2n) is 16.0. The van der Waals surface area contributed by atoms with E-state index in [1.807, 2.05) is 12.4 Å². The fraction of sp³-hybridized carbons (Fsp3) is 0.189. The normalized spacial score (nSPS) is 20.3. The molecular weight excluding hydrogens is 679 g/mol. The van der Waals surface area contributed by atoms with Crippen LogP contribution in [0.25, 0.3) is 49.8 Å². The number of para-hydroxylation sites is 2. The lowest BCUT2D eigenvalue weighted by atomic mass is 9.81. The van der Waals surface area contributed by atoms with Gasteiger partial charge >= 0.3 is 0 Å². The van der Waals surface area contributed by atoms with E-state index in [0.29, 0.717) is 12.0 Å². The van der Waals surface area contributed by atoms with Crippen molar-refractivity contribution < 1.29 is 0 Å². The van der Waals surface area contributed by atoms with Gasteiger partial charge in [-0.25, -0.2) is 0 Å². The predicted octanol–water partition coefficient (Wildman–Crippen LogP) is 13.6. The topological polar surface area (TPSA) is 21.1 Å². The van der Waals surface area contributed by atoms with Gasteiger partial charge in [0.1, 0.15) is 0 Å². The van der Waals surface area contributed by atoms with Crippen LogP contribution in [-0.4, -0.2) is 15.6 Å². The summed E-state index contributed by atoms with van der Waals surface area (Å²) in [6.45, 7) is 0. The van der Waals surface area contributed by atoms with Gasteiger partial charge in [0, 0.05) is 46.2 Å². The summed E-state index contributed by atoms with van der Waals surface area (Å²) in [5.74, 6) is 0.508. The van der Waals surface area contributed by atoms with Crippen molar-refractivity contribution in [1.82, 2.24) is 9.55 Å². The molecule has 0 radical (unpaired) electrons. The molecule has 3 heteroatoms. The van der Waals surface area contributed by atoms with Crippen molar-refractivity contribution in [3.05, 3.63) is 198 Å². The summed E-state index contributed by atoms with van der Waals surface area (Å²) in [7, 11) is 0. The van der Waals surface area contributed by atoms with Gasteiger partial charge in [-0.2, -0.15) is 0 Å². The van der Waals surface area contributed by atoms with Crippen LogP contribution in [0.4, 0.5) is 5.69 Å². The van der Waals surface area contributed by atoms with E-state index < -0.39 is 0 Å². The minimum Gasteiger partial charge on any atom is -0.337 e. The molecule has 2 atom stereocenters. The number of anilines is 1. The van der Waals surface area contributed by atoms with E-state index in [1.165, 1.54) is 89.0 Å². The number of hydrogen-bond donors (Lipinski definition) is 0. The lowest BCUT2D eigenvalue weighted by molar-refractivity contribution is 0.566. The molecule has 11 rings (SSSR count). The molecule has 272 valence electrons. The van der Waals surface area contributed by atoms with E-state index in [9.17, 15) is 0 Å². The zero-order valence-corrected chi connectivity index (χ0v) is 31.7. The molecule has 5 aliphatic rings. The first-order valence-corrected chi connectivity index (χ1v) is 20.6. The Morgan fingerprint density at radius 2 is 1.45 bits per heavy atom. The summed E-state index contributed by atoms with van der Waals surface area (Å²) in [5.41, 5.74) is 18.8. The van der Waals surface area contributed by atoms with Crippen LogP contribution in [0.5, 0.6) is 0 Å². The molecule has 0 saturated carbocycles. The molecule has 0 spiro atoms. The Labute approximate surface area is 329 Å². The third-order valence-corrected chi connectivity index (χ3v) is 12.8. The van der Waals surface area contributed by atoms with Crippen molar-refractivity contribution >= 4 is 38.6 Å². The molecule has 2 aromatic heterocycles. The second-order valence-corrected chi connectivity index (χ2v) is 16.0. The van der Waals surface area contributed by atoms with Crippen LogP contribution in [0, 0.1) is 0 Å². The molecule has 0 saturated heterocycles. The van der Waals surface area contributed by atoms with Gasteiger partial charge in [0.05, 0.1) is 17.1 Å². The molecule has 0 N–H and O–H groups in total. The summed E-state index contributed by atoms with van der Waals surface area (Å²) < 4.78 is 2.48. The molecule has 2 unspecified atom stereocenters. The fourth-order valence-electron chi connectivity index (χ4n) is 10.1. The first-order valence-electron chi connectivity index (χ1n) is 20.6. The maximum Gasteiger partial charge on any atom is 0.0594 e. The summed E-state index contributed by atoms with van der Waals surface area (Å²) in [4.78, 5) is 7.01. The van der Waals surface area contributed by atoms with Crippen molar-refractivity contribution in [2.24, 2.45) is 0 Å². The predicted molar refractivity (Wildman–Crippen MR) is 235 cm³/mol. The average molecular weight is 724 g/mol. The fourth-order valence-corrected chi connectivity index (χ4v) is 10.1. The van der Waals surface area contributed by atoms with Gasteiger partial charge in [-0.3, -0.25) is 4.98 Å². The van der Waals surface area contributed by atoms with Crippen LogP contribution < -0.4 is 4.90 Å². The Morgan fingerprint density at radius 1 is 0.589 bits per heavy atom. The van der Waals surface area contributed by atoms with Crippen LogP contribution in [0.1, 0.15) is 74.0 Å². The largest absolute Gasteiger partial charge is 0.337 e. The number of hydrogen-bond acceptors (Lipinski definition) is 2. The highest BCUT2D eigenvalue weighted by atomic mass is 15.2. The molecule has 3 heterocycles. The van der Waals surface area contributed by atoms with Gasteiger partial charge in [-0.1, -0.05) is 91.1 Å². The van der Waals surface area contributed by atoms with Crippen LogP contribution >= 0.6 is 0 Å². The van der Waals surface area contributed by atoms with Gasteiger partial charge in [-0.05, 0) is 162 Å². The minimum absolute atomic E-state index is 0.323. The van der Waals surface area contributed by atoms with Crippen molar-refractivity contribution in [2.75, 3.05) is 4.90 Å². The van der Waals surface area contributed by atoms with Gasteiger partial charge in [0.2, 0.25) is 0 Å². The van der Waals surface area contributed by atoms with Crippen LogP contribution in [-0.2, 0) is 0 Å². The molecule has 6 aromatic rings. The van der Waals surface area contributed by atoms with Crippen molar-refractivity contribution in [3.8, 4) is 16.8 Å². The Balaban J connectivity index is 1.01. The van der Waals surface area contributed by atoms with E-state index in [0.717, 1.165) is 51.4 Å². The monoisotopic (exact) mass is 723 g/mol. The van der Waals surface area contributed by atoms with E-state index in [1.54, 1.807) is 0 Å². The molecule has 56 heavy (non-hydrogen) atoms. The van der Waals surface area contributed by atoms with Crippen LogP contribution in [0.3, 0.4) is 0 Å². The van der Waals surface area contributed by atoms with E-state index in [4.69, 9.17) is 0 Å². The Bertz CT molecular complexity index is 2760. The van der Waals surface area contributed by atoms with Crippen molar-refractivity contribution in [2.45, 2.75) is 63.3 Å². The molecule has 4 aromatic carbocycles. The standard InChI is InChI=1S/C53H45N3/c1-3-11-36(12-4-1)38-19-23-44(24-20-38)55-50-17-9-7-15-46(50)48-25-21-41(35-53(48)55)40-22-26-52-49(34-40)47-16-8-10-18-51(47)56(52)45-32-42(37-13-5-2-6-14-37)31-43(33-45)39-27-29-54-30-28-39/h1,3,5,7-11,13-19,22-23,26-35,48,53H,2,4,6,12,20-21,24-25H2. The number of benzene rings is 4. The Kier molecular flexibility index (Phi) is 8.19. The van der Waals surface area contributed by atoms with E-state index in [-0.39, 0.29) is 0 Å². The number of allylic oxidation sites excluding steroid dienone is 13. The van der Waals surface area contributed by atoms with Crippen molar-refractivity contribution in [1.29, 1.82) is 0 Å². The summed E-state index contributed by atoms with van der Waals surface area (Å²) in [6.07, 6.45) is 34.0. The molecule has 0 bridgehead atoms. The zero-order valence-electron chi connectivity index (χ0n) is 31.7. The van der Waals surface area contributed by atoms with E-state index >= 15 is 0 Å². The van der Waals surface area contributed by atoms with Crippen LogP contribution in [0.2, 0.25) is 0 Å². The third-order valence-electron chi connectivity index (χ3n) is 12.8. The minimum atomic E-state index is 0.323. The highest BCUT2D eigenvalue weighted by Crippen LogP contribution is 2.51.